The van der Waals surface area contributed by atoms with Gasteiger partial charge in [0, 0.05) is 30.5 Å². The lowest BCUT2D eigenvalue weighted by Crippen LogP contribution is -2.03. The third kappa shape index (κ3) is 3.43. The first kappa shape index (κ1) is 13.7. The molecule has 21 heavy (non-hydrogen) atoms. The topological polar surface area (TPSA) is 68.5 Å². The Bertz CT molecular complexity index is 703. The molecule has 0 aliphatic carbocycles. The van der Waals surface area contributed by atoms with E-state index >= 15 is 0 Å². The van der Waals surface area contributed by atoms with E-state index in [9.17, 15) is 0 Å². The first-order valence-corrected chi connectivity index (χ1v) is 7.52. The van der Waals surface area contributed by atoms with Crippen LogP contribution in [0.3, 0.4) is 0 Å². The first-order valence-electron chi connectivity index (χ1n) is 6.75. The second-order valence-corrected chi connectivity index (χ2v) is 5.86. The van der Waals surface area contributed by atoms with Crippen molar-refractivity contribution in [3.63, 3.8) is 0 Å². The maximum absolute atomic E-state index is 4.47. The number of hydrogen-bond acceptors (Lipinski definition) is 6. The van der Waals surface area contributed by atoms with Gasteiger partial charge in [0.15, 0.2) is 5.82 Å². The van der Waals surface area contributed by atoms with Crippen LogP contribution in [0.25, 0.3) is 11.4 Å². The van der Waals surface area contributed by atoms with Crippen LogP contribution in [0, 0.1) is 5.92 Å². The zero-order valence-electron chi connectivity index (χ0n) is 11.9. The first-order chi connectivity index (χ1) is 10.2. The molecule has 1 N–H and O–H groups in total. The highest BCUT2D eigenvalue weighted by Gasteiger charge is 2.10. The van der Waals surface area contributed by atoms with E-state index in [4.69, 9.17) is 0 Å². The number of pyridine rings is 1. The van der Waals surface area contributed by atoms with Crippen molar-refractivity contribution in [1.82, 2.24) is 24.1 Å². The minimum absolute atomic E-state index is 0.558. The van der Waals surface area contributed by atoms with Gasteiger partial charge in [-0.2, -0.15) is 14.5 Å². The maximum atomic E-state index is 4.47. The van der Waals surface area contributed by atoms with Crippen LogP contribution in [0.15, 0.2) is 36.8 Å². The minimum atomic E-state index is 0.558. The van der Waals surface area contributed by atoms with Gasteiger partial charge in [-0.1, -0.05) is 19.9 Å². The van der Waals surface area contributed by atoms with Crippen molar-refractivity contribution in [2.75, 3.05) is 5.32 Å². The highest BCUT2D eigenvalue weighted by Crippen LogP contribution is 2.22. The molecule has 0 fully saturated rings. The van der Waals surface area contributed by atoms with Crippen molar-refractivity contribution >= 4 is 22.5 Å². The summed E-state index contributed by atoms with van der Waals surface area (Å²) in [5.74, 6) is 2.01. The van der Waals surface area contributed by atoms with E-state index in [-0.39, 0.29) is 0 Å². The Morgan fingerprint density at radius 3 is 3.00 bits per heavy atom. The van der Waals surface area contributed by atoms with Crippen LogP contribution < -0.4 is 5.32 Å². The van der Waals surface area contributed by atoms with Crippen molar-refractivity contribution < 1.29 is 0 Å². The van der Waals surface area contributed by atoms with Crippen LogP contribution in [-0.4, -0.2) is 24.1 Å². The smallest absolute Gasteiger partial charge is 0.208 e. The Morgan fingerprint density at radius 2 is 2.24 bits per heavy atom. The molecule has 0 saturated carbocycles. The standard InChI is InChI=1S/C14H16N6S/c1-10(2)8-20-9-11(7-16-20)13-18-14(21-19-13)17-12-5-3-4-6-15-12/h3-7,9-10H,8H2,1-2H3,(H,15,17,18,19). The average molecular weight is 300 g/mol. The fourth-order valence-electron chi connectivity index (χ4n) is 1.89. The molecule has 6 nitrogen and oxygen atoms in total. The third-order valence-corrected chi connectivity index (χ3v) is 3.40. The monoisotopic (exact) mass is 300 g/mol. The minimum Gasteiger partial charge on any atom is -0.315 e. The number of anilines is 2. The van der Waals surface area contributed by atoms with Gasteiger partial charge in [0.25, 0.3) is 0 Å². The quantitative estimate of drug-likeness (QED) is 0.783. The molecule has 3 rings (SSSR count). The molecule has 0 bridgehead atoms. The summed E-state index contributed by atoms with van der Waals surface area (Å²) in [6, 6.07) is 5.69. The Balaban J connectivity index is 1.74. The van der Waals surface area contributed by atoms with Gasteiger partial charge >= 0.3 is 0 Å². The highest BCUT2D eigenvalue weighted by molar-refractivity contribution is 7.09. The van der Waals surface area contributed by atoms with Crippen molar-refractivity contribution in [3.05, 3.63) is 36.8 Å². The second-order valence-electron chi connectivity index (χ2n) is 5.11. The van der Waals surface area contributed by atoms with E-state index in [1.165, 1.54) is 11.5 Å². The normalized spacial score (nSPS) is 11.0. The molecule has 3 aromatic rings. The van der Waals surface area contributed by atoms with Crippen molar-refractivity contribution in [3.8, 4) is 11.4 Å². The average Bonchev–Trinajstić information content (AvgIpc) is 3.08. The van der Waals surface area contributed by atoms with Crippen molar-refractivity contribution in [2.45, 2.75) is 20.4 Å². The van der Waals surface area contributed by atoms with Gasteiger partial charge in [0.2, 0.25) is 5.13 Å². The van der Waals surface area contributed by atoms with Gasteiger partial charge in [0.1, 0.15) is 5.82 Å². The molecule has 0 unspecified atom stereocenters. The Morgan fingerprint density at radius 1 is 1.33 bits per heavy atom. The summed E-state index contributed by atoms with van der Waals surface area (Å²) in [7, 11) is 0. The number of hydrogen-bond donors (Lipinski definition) is 1. The molecule has 0 aliphatic rings. The molecular formula is C14H16N6S. The van der Waals surface area contributed by atoms with E-state index in [0.29, 0.717) is 11.7 Å². The number of nitrogens with zero attached hydrogens (tertiary/aromatic N) is 5. The Labute approximate surface area is 127 Å². The Hall–Kier alpha value is -2.28. The lowest BCUT2D eigenvalue weighted by Gasteiger charge is -2.02. The van der Waals surface area contributed by atoms with Gasteiger partial charge in [-0.25, -0.2) is 4.98 Å². The fraction of sp³-hybridized carbons (Fsp3) is 0.286. The lowest BCUT2D eigenvalue weighted by atomic mass is 10.2. The zero-order chi connectivity index (χ0) is 14.7. The summed E-state index contributed by atoms with van der Waals surface area (Å²) in [5.41, 5.74) is 0.931. The number of aromatic nitrogens is 5. The van der Waals surface area contributed by atoms with Gasteiger partial charge in [-0.05, 0) is 18.1 Å². The molecule has 0 spiro atoms. The molecule has 0 radical (unpaired) electrons. The molecular weight excluding hydrogens is 284 g/mol. The van der Waals surface area contributed by atoms with Gasteiger partial charge in [-0.15, -0.1) is 0 Å². The molecule has 3 heterocycles. The van der Waals surface area contributed by atoms with Crippen LogP contribution in [-0.2, 0) is 6.54 Å². The third-order valence-electron chi connectivity index (χ3n) is 2.77. The van der Waals surface area contributed by atoms with E-state index in [1.807, 2.05) is 29.1 Å². The Kier molecular flexibility index (Phi) is 3.92. The summed E-state index contributed by atoms with van der Waals surface area (Å²) < 4.78 is 6.29. The summed E-state index contributed by atoms with van der Waals surface area (Å²) in [5, 5.41) is 8.20. The number of nitrogens with one attached hydrogen (secondary N) is 1. The molecule has 7 heteroatoms. The van der Waals surface area contributed by atoms with Crippen molar-refractivity contribution in [2.24, 2.45) is 5.92 Å². The lowest BCUT2D eigenvalue weighted by molar-refractivity contribution is 0.483. The van der Waals surface area contributed by atoms with E-state index in [2.05, 4.69) is 38.6 Å². The highest BCUT2D eigenvalue weighted by atomic mass is 32.1. The largest absolute Gasteiger partial charge is 0.315 e. The van der Waals surface area contributed by atoms with E-state index in [0.717, 1.165) is 23.1 Å². The molecule has 0 atom stereocenters. The predicted molar refractivity (Wildman–Crippen MR) is 83.5 cm³/mol. The van der Waals surface area contributed by atoms with Crippen LogP contribution in [0.5, 0.6) is 0 Å². The molecule has 0 saturated heterocycles. The van der Waals surface area contributed by atoms with Gasteiger partial charge in [-0.3, -0.25) is 4.68 Å². The van der Waals surface area contributed by atoms with E-state index in [1.54, 1.807) is 12.4 Å². The molecule has 108 valence electrons. The summed E-state index contributed by atoms with van der Waals surface area (Å²) in [6.45, 7) is 5.22. The second kappa shape index (κ2) is 6.01. The molecule has 0 aromatic carbocycles. The van der Waals surface area contributed by atoms with Crippen LogP contribution in [0.4, 0.5) is 10.9 Å². The maximum Gasteiger partial charge on any atom is 0.208 e. The van der Waals surface area contributed by atoms with E-state index < -0.39 is 0 Å². The van der Waals surface area contributed by atoms with Crippen LogP contribution in [0.2, 0.25) is 0 Å². The SMILES string of the molecule is CC(C)Cn1cc(-c2nsc(Nc3ccccn3)n2)cn1. The molecule has 0 amide bonds. The summed E-state index contributed by atoms with van der Waals surface area (Å²) in [6.07, 6.45) is 5.52. The molecule has 0 aliphatic heterocycles. The predicted octanol–water partition coefficient (Wildman–Crippen LogP) is 3.20. The van der Waals surface area contributed by atoms with Gasteiger partial charge < -0.3 is 5.32 Å². The fourth-order valence-corrected chi connectivity index (χ4v) is 2.49. The summed E-state index contributed by atoms with van der Waals surface area (Å²) >= 11 is 1.31. The zero-order valence-corrected chi connectivity index (χ0v) is 12.7. The van der Waals surface area contributed by atoms with Gasteiger partial charge in [0.05, 0.1) is 11.8 Å². The van der Waals surface area contributed by atoms with Crippen LogP contribution >= 0.6 is 11.5 Å². The van der Waals surface area contributed by atoms with Crippen molar-refractivity contribution in [1.29, 1.82) is 0 Å². The molecule has 3 aromatic heterocycles. The summed E-state index contributed by atoms with van der Waals surface area (Å²) in [4.78, 5) is 8.68. The van der Waals surface area contributed by atoms with Crippen LogP contribution in [0.1, 0.15) is 13.8 Å². The number of rotatable bonds is 5.